The van der Waals surface area contributed by atoms with E-state index >= 15 is 0 Å². The molecule has 0 aliphatic rings. The molecule has 0 fully saturated rings. The smallest absolute Gasteiger partial charge is 0.394 e. The van der Waals surface area contributed by atoms with Crippen LogP contribution in [0.5, 0.6) is 5.75 Å². The Morgan fingerprint density at radius 1 is 1.06 bits per heavy atom. The second kappa shape index (κ2) is 6.46. The van der Waals surface area contributed by atoms with E-state index in [1.54, 1.807) is 24.3 Å². The first-order valence-electron chi connectivity index (χ1n) is 5.55. The fourth-order valence-electron chi connectivity index (χ4n) is 1.13. The Kier molecular flexibility index (Phi) is 6.01. The SMILES string of the molecule is CC.CC(C)c1ccc(OC(C)(F)F)cc1. The van der Waals surface area contributed by atoms with Crippen molar-refractivity contribution in [1.29, 1.82) is 0 Å². The van der Waals surface area contributed by atoms with Crippen molar-refractivity contribution in [3.63, 3.8) is 0 Å². The molecule has 0 atom stereocenters. The summed E-state index contributed by atoms with van der Waals surface area (Å²) in [7, 11) is 0. The summed E-state index contributed by atoms with van der Waals surface area (Å²) in [6, 6.07) is 6.72. The van der Waals surface area contributed by atoms with Gasteiger partial charge >= 0.3 is 6.11 Å². The van der Waals surface area contributed by atoms with Crippen LogP contribution in [0.15, 0.2) is 24.3 Å². The topological polar surface area (TPSA) is 9.23 Å². The average Bonchev–Trinajstić information content (AvgIpc) is 2.19. The molecule has 0 aliphatic heterocycles. The summed E-state index contributed by atoms with van der Waals surface area (Å²) in [5.74, 6) is 0.591. The van der Waals surface area contributed by atoms with E-state index in [0.717, 1.165) is 12.5 Å². The van der Waals surface area contributed by atoms with E-state index in [4.69, 9.17) is 0 Å². The summed E-state index contributed by atoms with van der Waals surface area (Å²) in [6.45, 7) is 8.82. The number of alkyl halides is 2. The highest BCUT2D eigenvalue weighted by Crippen LogP contribution is 2.23. The van der Waals surface area contributed by atoms with Gasteiger partial charge in [-0.05, 0) is 23.6 Å². The molecule has 1 nitrogen and oxygen atoms in total. The van der Waals surface area contributed by atoms with Crippen molar-refractivity contribution in [3.05, 3.63) is 29.8 Å². The molecular weight excluding hydrogens is 210 g/mol. The minimum atomic E-state index is -3.11. The van der Waals surface area contributed by atoms with Crippen molar-refractivity contribution in [3.8, 4) is 5.75 Å². The normalized spacial score (nSPS) is 10.8. The van der Waals surface area contributed by atoms with E-state index in [9.17, 15) is 8.78 Å². The van der Waals surface area contributed by atoms with Crippen molar-refractivity contribution >= 4 is 0 Å². The molecule has 0 spiro atoms. The zero-order valence-electron chi connectivity index (χ0n) is 10.6. The second-order valence-electron chi connectivity index (χ2n) is 3.63. The van der Waals surface area contributed by atoms with Crippen LogP contribution in [0.1, 0.15) is 46.1 Å². The fraction of sp³-hybridized carbons (Fsp3) is 0.538. The molecule has 0 heterocycles. The van der Waals surface area contributed by atoms with Crippen LogP contribution in [0.25, 0.3) is 0 Å². The van der Waals surface area contributed by atoms with Gasteiger partial charge in [0, 0.05) is 6.92 Å². The van der Waals surface area contributed by atoms with Crippen LogP contribution < -0.4 is 4.74 Å². The second-order valence-corrected chi connectivity index (χ2v) is 3.63. The van der Waals surface area contributed by atoms with Crippen LogP contribution in [0.3, 0.4) is 0 Å². The maximum atomic E-state index is 12.4. The lowest BCUT2D eigenvalue weighted by atomic mass is 10.0. The molecule has 3 heteroatoms. The third-order valence-electron chi connectivity index (χ3n) is 1.84. The molecule has 0 bridgehead atoms. The number of hydrogen-bond acceptors (Lipinski definition) is 1. The van der Waals surface area contributed by atoms with E-state index in [1.165, 1.54) is 0 Å². The zero-order chi connectivity index (χ0) is 12.8. The Balaban J connectivity index is 0.00000106. The van der Waals surface area contributed by atoms with Gasteiger partial charge in [0.1, 0.15) is 5.75 Å². The molecule has 16 heavy (non-hydrogen) atoms. The van der Waals surface area contributed by atoms with Crippen molar-refractivity contribution < 1.29 is 13.5 Å². The van der Waals surface area contributed by atoms with E-state index in [2.05, 4.69) is 4.74 Å². The summed E-state index contributed by atoms with van der Waals surface area (Å²) in [4.78, 5) is 0. The Labute approximate surface area is 96.4 Å². The van der Waals surface area contributed by atoms with Gasteiger partial charge < -0.3 is 4.74 Å². The van der Waals surface area contributed by atoms with Crippen molar-refractivity contribution in [2.45, 2.75) is 46.6 Å². The number of benzene rings is 1. The zero-order valence-corrected chi connectivity index (χ0v) is 10.6. The Bertz CT molecular complexity index is 286. The Morgan fingerprint density at radius 3 is 1.81 bits per heavy atom. The van der Waals surface area contributed by atoms with Crippen LogP contribution >= 0.6 is 0 Å². The third-order valence-corrected chi connectivity index (χ3v) is 1.84. The Morgan fingerprint density at radius 2 is 1.50 bits per heavy atom. The Hall–Kier alpha value is -1.12. The van der Waals surface area contributed by atoms with E-state index in [-0.39, 0.29) is 5.75 Å². The standard InChI is InChI=1S/C11H14F2O.C2H6/c1-8(2)9-4-6-10(7-5-9)14-11(3,12)13;1-2/h4-8H,1-3H3;1-2H3. The van der Waals surface area contributed by atoms with Gasteiger partial charge in [-0.2, -0.15) is 8.78 Å². The number of ether oxygens (including phenoxy) is 1. The maximum Gasteiger partial charge on any atom is 0.394 e. The summed E-state index contributed by atoms with van der Waals surface area (Å²) < 4.78 is 29.3. The van der Waals surface area contributed by atoms with E-state index in [1.807, 2.05) is 27.7 Å². The number of hydrogen-bond donors (Lipinski definition) is 0. The molecule has 0 saturated heterocycles. The quantitative estimate of drug-likeness (QED) is 0.722. The maximum absolute atomic E-state index is 12.4. The molecule has 1 rings (SSSR count). The fourth-order valence-corrected chi connectivity index (χ4v) is 1.13. The van der Waals surface area contributed by atoms with Gasteiger partial charge in [-0.15, -0.1) is 0 Å². The molecule has 0 N–H and O–H groups in total. The van der Waals surface area contributed by atoms with Crippen LogP contribution in [0.4, 0.5) is 8.78 Å². The molecule has 1 aromatic carbocycles. The van der Waals surface area contributed by atoms with Crippen molar-refractivity contribution in [2.24, 2.45) is 0 Å². The first-order chi connectivity index (χ1) is 7.38. The molecule has 0 radical (unpaired) electrons. The van der Waals surface area contributed by atoms with Gasteiger partial charge in [-0.25, -0.2) is 0 Å². The van der Waals surface area contributed by atoms with Crippen LogP contribution in [-0.2, 0) is 0 Å². The molecule has 0 amide bonds. The molecule has 0 aliphatic carbocycles. The minimum absolute atomic E-state index is 0.196. The lowest BCUT2D eigenvalue weighted by Crippen LogP contribution is -2.18. The average molecular weight is 230 g/mol. The predicted molar refractivity (Wildman–Crippen MR) is 63.1 cm³/mol. The third kappa shape index (κ3) is 5.69. The van der Waals surface area contributed by atoms with Gasteiger partial charge in [-0.1, -0.05) is 39.8 Å². The summed E-state index contributed by atoms with van der Waals surface area (Å²) in [5.41, 5.74) is 1.11. The van der Waals surface area contributed by atoms with Gasteiger partial charge in [0.05, 0.1) is 0 Å². The highest BCUT2D eigenvalue weighted by Gasteiger charge is 2.22. The van der Waals surface area contributed by atoms with Crippen LogP contribution in [-0.4, -0.2) is 6.11 Å². The van der Waals surface area contributed by atoms with Gasteiger partial charge in [0.15, 0.2) is 0 Å². The molecule has 1 aromatic rings. The van der Waals surface area contributed by atoms with Crippen LogP contribution in [0, 0.1) is 0 Å². The highest BCUT2D eigenvalue weighted by molar-refractivity contribution is 5.29. The molecule has 0 aromatic heterocycles. The highest BCUT2D eigenvalue weighted by atomic mass is 19.3. The van der Waals surface area contributed by atoms with Crippen molar-refractivity contribution in [1.82, 2.24) is 0 Å². The van der Waals surface area contributed by atoms with Crippen molar-refractivity contribution in [2.75, 3.05) is 0 Å². The number of rotatable bonds is 3. The van der Waals surface area contributed by atoms with Gasteiger partial charge in [0.25, 0.3) is 0 Å². The molecular formula is C13H20F2O. The molecule has 0 saturated carbocycles. The summed E-state index contributed by atoms with van der Waals surface area (Å²) in [6.07, 6.45) is -3.11. The summed E-state index contributed by atoms with van der Waals surface area (Å²) in [5, 5.41) is 0. The number of halogens is 2. The first kappa shape index (κ1) is 14.9. The van der Waals surface area contributed by atoms with E-state index < -0.39 is 6.11 Å². The van der Waals surface area contributed by atoms with Gasteiger partial charge in [-0.3, -0.25) is 0 Å². The largest absolute Gasteiger partial charge is 0.433 e. The summed E-state index contributed by atoms with van der Waals surface area (Å²) >= 11 is 0. The predicted octanol–water partition coefficient (Wildman–Crippen LogP) is 4.83. The van der Waals surface area contributed by atoms with Crippen LogP contribution in [0.2, 0.25) is 0 Å². The van der Waals surface area contributed by atoms with E-state index in [0.29, 0.717) is 5.92 Å². The molecule has 0 unspecified atom stereocenters. The minimum Gasteiger partial charge on any atom is -0.433 e. The lowest BCUT2D eigenvalue weighted by Gasteiger charge is -2.13. The monoisotopic (exact) mass is 230 g/mol. The van der Waals surface area contributed by atoms with Gasteiger partial charge in [0.2, 0.25) is 0 Å². The molecule has 92 valence electrons. The lowest BCUT2D eigenvalue weighted by molar-refractivity contribution is -0.158. The first-order valence-corrected chi connectivity index (χ1v) is 5.55.